The van der Waals surface area contributed by atoms with Crippen LogP contribution in [0.25, 0.3) is 11.2 Å². The van der Waals surface area contributed by atoms with Crippen molar-refractivity contribution in [2.24, 2.45) is 0 Å². The van der Waals surface area contributed by atoms with E-state index < -0.39 is 0 Å². The second-order valence-corrected chi connectivity index (χ2v) is 4.48. The molecule has 0 amide bonds. The van der Waals surface area contributed by atoms with Gasteiger partial charge in [-0.25, -0.2) is 4.98 Å². The average Bonchev–Trinajstić information content (AvgIpc) is 2.93. The van der Waals surface area contributed by atoms with Gasteiger partial charge in [-0.15, -0.1) is 0 Å². The van der Waals surface area contributed by atoms with Gasteiger partial charge in [-0.2, -0.15) is 4.98 Å². The lowest BCUT2D eigenvalue weighted by atomic mass is 10.0. The van der Waals surface area contributed by atoms with E-state index in [-0.39, 0.29) is 0 Å². The number of imidazole rings is 1. The van der Waals surface area contributed by atoms with Crippen molar-refractivity contribution in [1.29, 1.82) is 0 Å². The first kappa shape index (κ1) is 10.5. The summed E-state index contributed by atoms with van der Waals surface area (Å²) in [6.07, 6.45) is 1.12. The zero-order valence-electron chi connectivity index (χ0n) is 10.0. The number of H-pyrrole nitrogens is 1. The van der Waals surface area contributed by atoms with Crippen LogP contribution in [0.2, 0.25) is 0 Å². The van der Waals surface area contributed by atoms with Crippen LogP contribution in [0.1, 0.15) is 25.1 Å². The number of aromatic amines is 1. The van der Waals surface area contributed by atoms with Crippen molar-refractivity contribution in [3.8, 4) is 5.88 Å². The minimum Gasteiger partial charge on any atom is -0.481 e. The molecule has 2 N–H and O–H groups in total. The quantitative estimate of drug-likeness (QED) is 0.822. The molecule has 0 radical (unpaired) electrons. The second kappa shape index (κ2) is 4.00. The molecule has 1 aliphatic rings. The Morgan fingerprint density at radius 1 is 1.35 bits per heavy atom. The molecule has 0 saturated carbocycles. The Morgan fingerprint density at radius 3 is 2.94 bits per heavy atom. The van der Waals surface area contributed by atoms with Gasteiger partial charge in [-0.05, 0) is 26.0 Å². The third kappa shape index (κ3) is 1.76. The Hall–Kier alpha value is -1.62. The van der Waals surface area contributed by atoms with Crippen molar-refractivity contribution in [1.82, 2.24) is 20.3 Å². The van der Waals surface area contributed by atoms with Gasteiger partial charge < -0.3 is 15.0 Å². The van der Waals surface area contributed by atoms with E-state index in [1.165, 1.54) is 0 Å². The van der Waals surface area contributed by atoms with Crippen LogP contribution in [0.15, 0.2) is 12.1 Å². The molecule has 2 atom stereocenters. The Kier molecular flexibility index (Phi) is 2.48. The normalized spacial score (nSPS) is 24.4. The number of methoxy groups -OCH3 is 1. The lowest BCUT2D eigenvalue weighted by Gasteiger charge is -2.11. The summed E-state index contributed by atoms with van der Waals surface area (Å²) in [6, 6.07) is 4.28. The number of hydrogen-bond acceptors (Lipinski definition) is 4. The summed E-state index contributed by atoms with van der Waals surface area (Å²) in [4.78, 5) is 12.2. The summed E-state index contributed by atoms with van der Waals surface area (Å²) in [5.41, 5.74) is 1.71. The molecule has 0 bridgehead atoms. The number of ether oxygens (including phenoxy) is 1. The molecule has 5 nitrogen and oxygen atoms in total. The molecule has 1 saturated heterocycles. The van der Waals surface area contributed by atoms with Gasteiger partial charge in [0.2, 0.25) is 5.88 Å². The molecule has 2 unspecified atom stereocenters. The highest BCUT2D eigenvalue weighted by atomic mass is 16.5. The van der Waals surface area contributed by atoms with Gasteiger partial charge in [0.1, 0.15) is 5.82 Å². The van der Waals surface area contributed by atoms with E-state index in [4.69, 9.17) is 4.74 Å². The number of aromatic nitrogens is 3. The van der Waals surface area contributed by atoms with Crippen LogP contribution >= 0.6 is 0 Å². The van der Waals surface area contributed by atoms with E-state index in [0.717, 1.165) is 30.0 Å². The van der Waals surface area contributed by atoms with E-state index in [2.05, 4.69) is 27.2 Å². The van der Waals surface area contributed by atoms with Crippen molar-refractivity contribution in [3.05, 3.63) is 18.0 Å². The van der Waals surface area contributed by atoms with Crippen LogP contribution in [0.5, 0.6) is 5.88 Å². The van der Waals surface area contributed by atoms with Gasteiger partial charge >= 0.3 is 0 Å². The summed E-state index contributed by atoms with van der Waals surface area (Å²) in [5, 5.41) is 3.43. The van der Waals surface area contributed by atoms with E-state index in [1.807, 2.05) is 12.1 Å². The van der Waals surface area contributed by atoms with Gasteiger partial charge in [-0.3, -0.25) is 0 Å². The first-order chi connectivity index (χ1) is 8.28. The summed E-state index contributed by atoms with van der Waals surface area (Å²) in [6.45, 7) is 3.25. The molecular formula is C12H16N4O. The fourth-order valence-electron chi connectivity index (χ4n) is 2.42. The number of nitrogens with one attached hydrogen (secondary N) is 2. The molecule has 1 fully saturated rings. The molecule has 0 aromatic carbocycles. The van der Waals surface area contributed by atoms with Crippen LogP contribution in [-0.2, 0) is 0 Å². The van der Waals surface area contributed by atoms with Gasteiger partial charge in [0.05, 0.1) is 12.6 Å². The Balaban J connectivity index is 2.01. The zero-order chi connectivity index (χ0) is 11.8. The van der Waals surface area contributed by atoms with Crippen molar-refractivity contribution >= 4 is 11.2 Å². The van der Waals surface area contributed by atoms with Gasteiger partial charge in [0.15, 0.2) is 5.65 Å². The molecule has 3 rings (SSSR count). The van der Waals surface area contributed by atoms with Crippen molar-refractivity contribution in [3.63, 3.8) is 0 Å². The highest BCUT2D eigenvalue weighted by Gasteiger charge is 2.27. The maximum Gasteiger partial charge on any atom is 0.215 e. The van der Waals surface area contributed by atoms with Crippen LogP contribution in [0.3, 0.4) is 0 Å². The second-order valence-electron chi connectivity index (χ2n) is 4.48. The summed E-state index contributed by atoms with van der Waals surface area (Å²) in [7, 11) is 1.62. The molecule has 0 spiro atoms. The van der Waals surface area contributed by atoms with Gasteiger partial charge in [0, 0.05) is 18.0 Å². The van der Waals surface area contributed by atoms with Crippen LogP contribution in [0, 0.1) is 0 Å². The third-order valence-electron chi connectivity index (χ3n) is 3.42. The molecule has 17 heavy (non-hydrogen) atoms. The largest absolute Gasteiger partial charge is 0.481 e. The summed E-state index contributed by atoms with van der Waals surface area (Å²) in [5.74, 6) is 2.08. The molecule has 3 heterocycles. The molecule has 2 aromatic heterocycles. The maximum absolute atomic E-state index is 5.10. The maximum atomic E-state index is 5.10. The van der Waals surface area contributed by atoms with E-state index in [0.29, 0.717) is 17.8 Å². The highest BCUT2D eigenvalue weighted by molar-refractivity contribution is 5.71. The number of fused-ring (bicyclic) bond motifs is 1. The Labute approximate surface area is 99.6 Å². The fourth-order valence-corrected chi connectivity index (χ4v) is 2.42. The van der Waals surface area contributed by atoms with Gasteiger partial charge in [0.25, 0.3) is 0 Å². The number of rotatable bonds is 2. The van der Waals surface area contributed by atoms with Gasteiger partial charge in [-0.1, -0.05) is 0 Å². The van der Waals surface area contributed by atoms with Crippen LogP contribution < -0.4 is 10.1 Å². The summed E-state index contributed by atoms with van der Waals surface area (Å²) < 4.78 is 5.10. The molecule has 90 valence electrons. The first-order valence-corrected chi connectivity index (χ1v) is 5.92. The zero-order valence-corrected chi connectivity index (χ0v) is 10.0. The monoisotopic (exact) mass is 232 g/mol. The minimum atomic E-state index is 0.454. The highest BCUT2D eigenvalue weighted by Crippen LogP contribution is 2.27. The number of nitrogens with zero attached hydrogens (tertiary/aromatic N) is 2. The van der Waals surface area contributed by atoms with Crippen molar-refractivity contribution in [2.75, 3.05) is 13.7 Å². The number of pyridine rings is 1. The minimum absolute atomic E-state index is 0.454. The fraction of sp³-hybridized carbons (Fsp3) is 0.500. The standard InChI is InChI=1S/C12H16N4O/c1-7-8(5-6-13-7)11-14-9-3-4-10(17-2)15-12(9)16-11/h3-4,7-8,13H,5-6H2,1-2H3,(H,14,15,16). The van der Waals surface area contributed by atoms with Crippen molar-refractivity contribution < 1.29 is 4.74 Å². The predicted octanol–water partition coefficient (Wildman–Crippen LogP) is 1.43. The first-order valence-electron chi connectivity index (χ1n) is 5.92. The van der Waals surface area contributed by atoms with Crippen LogP contribution in [0.4, 0.5) is 0 Å². The van der Waals surface area contributed by atoms with E-state index in [1.54, 1.807) is 7.11 Å². The Morgan fingerprint density at radius 2 is 2.24 bits per heavy atom. The average molecular weight is 232 g/mol. The number of hydrogen-bond donors (Lipinski definition) is 2. The molecule has 5 heteroatoms. The molecule has 2 aromatic rings. The van der Waals surface area contributed by atoms with Crippen LogP contribution in [-0.4, -0.2) is 34.6 Å². The topological polar surface area (TPSA) is 62.8 Å². The smallest absolute Gasteiger partial charge is 0.215 e. The SMILES string of the molecule is COc1ccc2[nH]c(C3CCNC3C)nc2n1. The summed E-state index contributed by atoms with van der Waals surface area (Å²) >= 11 is 0. The van der Waals surface area contributed by atoms with E-state index >= 15 is 0 Å². The van der Waals surface area contributed by atoms with E-state index in [9.17, 15) is 0 Å². The molecule has 1 aliphatic heterocycles. The predicted molar refractivity (Wildman–Crippen MR) is 65.3 cm³/mol. The third-order valence-corrected chi connectivity index (χ3v) is 3.42. The molecule has 0 aliphatic carbocycles. The van der Waals surface area contributed by atoms with Crippen molar-refractivity contribution in [2.45, 2.75) is 25.3 Å². The lowest BCUT2D eigenvalue weighted by Crippen LogP contribution is -2.22. The lowest BCUT2D eigenvalue weighted by molar-refractivity contribution is 0.399. The molecular weight excluding hydrogens is 216 g/mol. The Bertz CT molecular complexity index is 536.